The Hall–Kier alpha value is -2.77. The molecule has 0 aromatic heterocycles. The summed E-state index contributed by atoms with van der Waals surface area (Å²) in [7, 11) is -4.38. The van der Waals surface area contributed by atoms with Gasteiger partial charge in [0.25, 0.3) is 8.32 Å². The second-order valence-electron chi connectivity index (χ2n) is 7.11. The fourth-order valence-corrected chi connectivity index (χ4v) is 9.89. The molecule has 0 spiro atoms. The molecule has 0 aliphatic carbocycles. The van der Waals surface area contributed by atoms with Crippen molar-refractivity contribution in [1.82, 2.24) is 0 Å². The van der Waals surface area contributed by atoms with Crippen LogP contribution >= 0.6 is 0 Å². The molecule has 29 heavy (non-hydrogen) atoms. The Morgan fingerprint density at radius 1 is 0.552 bits per heavy atom. The second-order valence-corrected chi connectivity index (χ2v) is 12.7. The molecule has 2 nitrogen and oxygen atoms in total. The van der Waals surface area contributed by atoms with Crippen LogP contribution in [0.5, 0.6) is 0 Å². The van der Waals surface area contributed by atoms with Crippen molar-refractivity contribution in [2.24, 2.45) is 5.40 Å². The zero-order valence-electron chi connectivity index (χ0n) is 16.3. The van der Waals surface area contributed by atoms with Gasteiger partial charge in [0.1, 0.15) is 0 Å². The normalized spacial score (nSPS) is 12.4. The van der Waals surface area contributed by atoms with E-state index in [1.165, 1.54) is 20.7 Å². The van der Waals surface area contributed by atoms with Crippen LogP contribution in [0.4, 0.5) is 0 Å². The van der Waals surface area contributed by atoms with Gasteiger partial charge in [-0.05, 0) is 20.7 Å². The summed E-state index contributed by atoms with van der Waals surface area (Å²) in [6.07, 6.45) is 0.592. The lowest BCUT2D eigenvalue weighted by molar-refractivity contribution is 0.392. The number of hydrogen-bond donors (Lipinski definition) is 1. The van der Waals surface area contributed by atoms with Crippen molar-refractivity contribution in [3.05, 3.63) is 121 Å². The first-order chi connectivity index (χ1) is 14.3. The van der Waals surface area contributed by atoms with Crippen molar-refractivity contribution in [3.8, 4) is 0 Å². The third-order valence-electron chi connectivity index (χ3n) is 5.25. The lowest BCUT2D eigenvalue weighted by Crippen LogP contribution is -2.70. The van der Waals surface area contributed by atoms with E-state index in [0.717, 1.165) is 0 Å². The Morgan fingerprint density at radius 3 is 1.28 bits per heavy atom. The van der Waals surface area contributed by atoms with E-state index in [-0.39, 0.29) is 0 Å². The molecule has 0 bridgehead atoms. The molecule has 0 saturated heterocycles. The molecular formula is C25H25NOSi2. The third kappa shape index (κ3) is 4.16. The molecule has 0 radical (unpaired) electrons. The molecule has 0 aliphatic heterocycles. The number of hydrogen-bond acceptors (Lipinski definition) is 2. The van der Waals surface area contributed by atoms with Gasteiger partial charge in [0, 0.05) is 6.23 Å². The van der Waals surface area contributed by atoms with Gasteiger partial charge in [-0.2, -0.15) is 0 Å². The molecule has 0 saturated carbocycles. The average molecular weight is 412 g/mol. The Bertz CT molecular complexity index is 915. The maximum Gasteiger partial charge on any atom is 0.288 e. The molecule has 0 amide bonds. The summed E-state index contributed by atoms with van der Waals surface area (Å²) in [5.74, 6) is 0. The summed E-state index contributed by atoms with van der Waals surface area (Å²) < 4.78 is 6.98. The van der Waals surface area contributed by atoms with Crippen molar-refractivity contribution >= 4 is 38.0 Å². The first-order valence-corrected chi connectivity index (χ1v) is 13.9. The Kier molecular flexibility index (Phi) is 6.17. The SMILES string of the molecule is N[SiH](CO[Si](c1ccccc1)(c1ccccc1)c1ccccc1)c1ccccc1. The van der Waals surface area contributed by atoms with E-state index >= 15 is 0 Å². The maximum absolute atomic E-state index is 6.98. The van der Waals surface area contributed by atoms with Crippen molar-refractivity contribution in [2.75, 3.05) is 6.23 Å². The van der Waals surface area contributed by atoms with E-state index in [1.807, 2.05) is 6.07 Å². The van der Waals surface area contributed by atoms with E-state index in [2.05, 4.69) is 115 Å². The van der Waals surface area contributed by atoms with Gasteiger partial charge in [-0.3, -0.25) is 0 Å². The summed E-state index contributed by atoms with van der Waals surface area (Å²) in [5, 5.41) is 11.6. The van der Waals surface area contributed by atoms with Crippen LogP contribution in [-0.2, 0) is 4.43 Å². The van der Waals surface area contributed by atoms with E-state index in [0.29, 0.717) is 6.23 Å². The van der Waals surface area contributed by atoms with E-state index in [4.69, 9.17) is 9.83 Å². The van der Waals surface area contributed by atoms with E-state index < -0.39 is 17.3 Å². The van der Waals surface area contributed by atoms with Crippen molar-refractivity contribution < 1.29 is 4.43 Å². The molecular weight excluding hydrogens is 386 g/mol. The fraction of sp³-hybridized carbons (Fsp3) is 0.0400. The molecule has 4 aromatic rings. The molecule has 4 aromatic carbocycles. The number of nitrogens with two attached hydrogens (primary N) is 1. The zero-order chi connectivity index (χ0) is 19.9. The van der Waals surface area contributed by atoms with Gasteiger partial charge in [0.2, 0.25) is 0 Å². The Labute approximate surface area is 175 Å². The lowest BCUT2D eigenvalue weighted by atomic mass is 10.3. The van der Waals surface area contributed by atoms with Crippen LogP contribution < -0.4 is 26.1 Å². The van der Waals surface area contributed by atoms with Crippen LogP contribution in [0.2, 0.25) is 0 Å². The maximum atomic E-state index is 6.98. The predicted molar refractivity (Wildman–Crippen MR) is 127 cm³/mol. The lowest BCUT2D eigenvalue weighted by Gasteiger charge is -2.34. The highest BCUT2D eigenvalue weighted by Crippen LogP contribution is 2.10. The second kappa shape index (κ2) is 9.15. The Balaban J connectivity index is 1.82. The largest absolute Gasteiger partial charge is 0.406 e. The first kappa shape index (κ1) is 19.5. The van der Waals surface area contributed by atoms with Crippen LogP contribution in [0.3, 0.4) is 0 Å². The molecule has 144 valence electrons. The molecule has 0 heterocycles. The minimum Gasteiger partial charge on any atom is -0.406 e. The summed E-state index contributed by atoms with van der Waals surface area (Å²) in [5.41, 5.74) is 0. The fourth-order valence-electron chi connectivity index (χ4n) is 3.78. The van der Waals surface area contributed by atoms with Gasteiger partial charge in [-0.25, -0.2) is 0 Å². The topological polar surface area (TPSA) is 35.2 Å². The number of rotatable bonds is 7. The molecule has 1 atom stereocenters. The van der Waals surface area contributed by atoms with Crippen LogP contribution in [0.15, 0.2) is 121 Å². The standard InChI is InChI=1S/C25H25NOSi2/c26-28(22-13-5-1-6-14-22)21-27-29(23-15-7-2-8-16-23,24-17-9-3-10-18-24)25-19-11-4-12-20-25/h1-20,28H,21,26H2. The highest BCUT2D eigenvalue weighted by atomic mass is 28.4. The van der Waals surface area contributed by atoms with Crippen LogP contribution in [0.25, 0.3) is 0 Å². The molecule has 0 fully saturated rings. The van der Waals surface area contributed by atoms with Crippen LogP contribution in [-0.4, -0.2) is 23.5 Å². The molecule has 4 rings (SSSR count). The highest BCUT2D eigenvalue weighted by molar-refractivity contribution is 7.07. The minimum atomic E-state index is -2.66. The molecule has 0 aliphatic rings. The number of benzene rings is 4. The van der Waals surface area contributed by atoms with Gasteiger partial charge >= 0.3 is 0 Å². The Morgan fingerprint density at radius 2 is 0.897 bits per heavy atom. The molecule has 4 heteroatoms. The quantitative estimate of drug-likeness (QED) is 0.372. The van der Waals surface area contributed by atoms with E-state index in [1.54, 1.807) is 0 Å². The van der Waals surface area contributed by atoms with Gasteiger partial charge in [-0.1, -0.05) is 121 Å². The first-order valence-electron chi connectivity index (χ1n) is 9.92. The summed E-state index contributed by atoms with van der Waals surface area (Å²) >= 11 is 0. The smallest absolute Gasteiger partial charge is 0.288 e. The summed E-state index contributed by atoms with van der Waals surface area (Å²) in [6.45, 7) is 0. The minimum absolute atomic E-state index is 0.592. The monoisotopic (exact) mass is 411 g/mol. The van der Waals surface area contributed by atoms with Gasteiger partial charge < -0.3 is 9.83 Å². The van der Waals surface area contributed by atoms with Crippen LogP contribution in [0, 0.1) is 0 Å². The van der Waals surface area contributed by atoms with Gasteiger partial charge in [0.05, 0.1) is 0 Å². The van der Waals surface area contributed by atoms with Gasteiger partial charge in [0.15, 0.2) is 8.96 Å². The van der Waals surface area contributed by atoms with Crippen LogP contribution in [0.1, 0.15) is 0 Å². The predicted octanol–water partition coefficient (Wildman–Crippen LogP) is 1.80. The zero-order valence-corrected chi connectivity index (χ0v) is 18.5. The van der Waals surface area contributed by atoms with Crippen molar-refractivity contribution in [3.63, 3.8) is 0 Å². The summed E-state index contributed by atoms with van der Waals surface area (Å²) in [4.78, 5) is 0. The highest BCUT2D eigenvalue weighted by Gasteiger charge is 2.42. The van der Waals surface area contributed by atoms with Gasteiger partial charge in [-0.15, -0.1) is 0 Å². The van der Waals surface area contributed by atoms with Crippen molar-refractivity contribution in [1.29, 1.82) is 0 Å². The van der Waals surface area contributed by atoms with Crippen molar-refractivity contribution in [2.45, 2.75) is 0 Å². The summed E-state index contributed by atoms with van der Waals surface area (Å²) in [6, 6.07) is 42.3. The average Bonchev–Trinajstić information content (AvgIpc) is 2.82. The third-order valence-corrected chi connectivity index (χ3v) is 11.4. The molecule has 1 unspecified atom stereocenters. The molecule has 2 N–H and O–H groups in total. The van der Waals surface area contributed by atoms with E-state index in [9.17, 15) is 0 Å².